The molecule has 2 rings (SSSR count). The predicted molar refractivity (Wildman–Crippen MR) is 71.6 cm³/mol. The number of amides is 1. The van der Waals surface area contributed by atoms with Crippen molar-refractivity contribution in [1.82, 2.24) is 4.90 Å². The van der Waals surface area contributed by atoms with Gasteiger partial charge in [0.1, 0.15) is 6.04 Å². The molecule has 1 aromatic rings. The van der Waals surface area contributed by atoms with E-state index in [1.807, 2.05) is 36.1 Å². The zero-order valence-corrected chi connectivity index (χ0v) is 11.1. The Bertz CT molecular complexity index is 430. The van der Waals surface area contributed by atoms with Crippen LogP contribution in [0.3, 0.4) is 0 Å². The van der Waals surface area contributed by atoms with Crippen molar-refractivity contribution in [2.24, 2.45) is 0 Å². The van der Waals surface area contributed by atoms with Gasteiger partial charge in [-0.05, 0) is 26.0 Å². The lowest BCUT2D eigenvalue weighted by Crippen LogP contribution is -2.61. The summed E-state index contributed by atoms with van der Waals surface area (Å²) < 4.78 is 0. The Morgan fingerprint density at radius 2 is 1.94 bits per heavy atom. The third-order valence-corrected chi connectivity index (χ3v) is 3.52. The third kappa shape index (κ3) is 2.20. The summed E-state index contributed by atoms with van der Waals surface area (Å²) in [6.45, 7) is 4.64. The first-order chi connectivity index (χ1) is 8.54. The van der Waals surface area contributed by atoms with Crippen molar-refractivity contribution >= 4 is 11.6 Å². The lowest BCUT2D eigenvalue weighted by Gasteiger charge is -2.44. The van der Waals surface area contributed by atoms with Crippen LogP contribution in [0.15, 0.2) is 24.3 Å². The van der Waals surface area contributed by atoms with Gasteiger partial charge < -0.3 is 14.9 Å². The predicted octanol–water partition coefficient (Wildman–Crippen LogP) is 1.02. The summed E-state index contributed by atoms with van der Waals surface area (Å²) >= 11 is 0. The molecule has 0 saturated carbocycles. The van der Waals surface area contributed by atoms with Crippen LogP contribution in [0.1, 0.15) is 12.5 Å². The van der Waals surface area contributed by atoms with Crippen molar-refractivity contribution in [3.05, 3.63) is 29.8 Å². The fourth-order valence-electron chi connectivity index (χ4n) is 2.57. The van der Waals surface area contributed by atoms with Crippen LogP contribution < -0.4 is 4.90 Å². The molecule has 2 unspecified atom stereocenters. The first kappa shape index (κ1) is 12.9. The van der Waals surface area contributed by atoms with Crippen molar-refractivity contribution in [2.75, 3.05) is 25.1 Å². The molecular weight excluding hydrogens is 228 g/mol. The standard InChI is InChI=1S/C14H20N2O2/c1-10-4-6-12(7-5-10)16-11(2)8-15(3)14(18)13(16)9-17/h4-7,11,13,17H,8-9H2,1-3H3. The minimum absolute atomic E-state index is 0.0174. The average Bonchev–Trinajstić information content (AvgIpc) is 2.35. The van der Waals surface area contributed by atoms with Gasteiger partial charge in [-0.1, -0.05) is 17.7 Å². The van der Waals surface area contributed by atoms with Crippen molar-refractivity contribution in [2.45, 2.75) is 25.9 Å². The van der Waals surface area contributed by atoms with Crippen LogP contribution in [0.4, 0.5) is 5.69 Å². The summed E-state index contributed by atoms with van der Waals surface area (Å²) in [5.74, 6) is -0.0174. The molecule has 0 bridgehead atoms. The van der Waals surface area contributed by atoms with Gasteiger partial charge in [-0.25, -0.2) is 0 Å². The number of rotatable bonds is 2. The van der Waals surface area contributed by atoms with Crippen molar-refractivity contribution in [3.63, 3.8) is 0 Å². The monoisotopic (exact) mass is 248 g/mol. The maximum Gasteiger partial charge on any atom is 0.247 e. The molecule has 4 nitrogen and oxygen atoms in total. The summed E-state index contributed by atoms with van der Waals surface area (Å²) in [6.07, 6.45) is 0. The minimum atomic E-state index is -0.471. The van der Waals surface area contributed by atoms with Gasteiger partial charge >= 0.3 is 0 Å². The summed E-state index contributed by atoms with van der Waals surface area (Å²) in [6, 6.07) is 7.80. The first-order valence-corrected chi connectivity index (χ1v) is 6.25. The Hall–Kier alpha value is -1.55. The molecule has 98 valence electrons. The molecule has 1 heterocycles. The SMILES string of the molecule is Cc1ccc(N2C(C)CN(C)C(=O)C2CO)cc1. The molecule has 1 fully saturated rings. The smallest absolute Gasteiger partial charge is 0.247 e. The number of likely N-dealkylation sites (N-methyl/N-ethyl adjacent to an activating group) is 1. The van der Waals surface area contributed by atoms with Gasteiger partial charge in [0.15, 0.2) is 0 Å². The number of hydrogen-bond donors (Lipinski definition) is 1. The Labute approximate surface area is 108 Å². The molecule has 0 aliphatic carbocycles. The second kappa shape index (κ2) is 4.98. The van der Waals surface area contributed by atoms with E-state index < -0.39 is 6.04 Å². The summed E-state index contributed by atoms with van der Waals surface area (Å²) in [4.78, 5) is 15.8. The minimum Gasteiger partial charge on any atom is -0.394 e. The molecule has 1 aromatic carbocycles. The van der Waals surface area contributed by atoms with E-state index in [2.05, 4.69) is 6.92 Å². The number of anilines is 1. The van der Waals surface area contributed by atoms with Crippen LogP contribution in [0.2, 0.25) is 0 Å². The Morgan fingerprint density at radius 1 is 1.33 bits per heavy atom. The first-order valence-electron chi connectivity index (χ1n) is 6.25. The molecule has 18 heavy (non-hydrogen) atoms. The molecule has 1 N–H and O–H groups in total. The Balaban J connectivity index is 2.34. The molecule has 1 aliphatic rings. The molecule has 2 atom stereocenters. The van der Waals surface area contributed by atoms with E-state index in [1.165, 1.54) is 5.56 Å². The fraction of sp³-hybridized carbons (Fsp3) is 0.500. The average molecular weight is 248 g/mol. The highest BCUT2D eigenvalue weighted by molar-refractivity contribution is 5.87. The second-order valence-corrected chi connectivity index (χ2v) is 5.01. The highest BCUT2D eigenvalue weighted by Crippen LogP contribution is 2.25. The summed E-state index contributed by atoms with van der Waals surface area (Å²) in [7, 11) is 1.79. The van der Waals surface area contributed by atoms with Gasteiger partial charge in [-0.2, -0.15) is 0 Å². The number of piperazine rings is 1. The van der Waals surface area contributed by atoms with Gasteiger partial charge in [0.05, 0.1) is 6.61 Å². The molecule has 1 aliphatic heterocycles. The number of aliphatic hydroxyl groups is 1. The second-order valence-electron chi connectivity index (χ2n) is 5.01. The zero-order chi connectivity index (χ0) is 13.3. The number of carbonyl (C=O) groups excluding carboxylic acids is 1. The lowest BCUT2D eigenvalue weighted by molar-refractivity contribution is -0.134. The van der Waals surface area contributed by atoms with E-state index in [9.17, 15) is 9.90 Å². The van der Waals surface area contributed by atoms with Gasteiger partial charge in [0, 0.05) is 25.3 Å². The van der Waals surface area contributed by atoms with Gasteiger partial charge in [0.2, 0.25) is 5.91 Å². The van der Waals surface area contributed by atoms with Crippen LogP contribution in [-0.2, 0) is 4.79 Å². The number of aliphatic hydroxyl groups excluding tert-OH is 1. The molecule has 0 spiro atoms. The van der Waals surface area contributed by atoms with Gasteiger partial charge in [0.25, 0.3) is 0 Å². The van der Waals surface area contributed by atoms with E-state index in [1.54, 1.807) is 11.9 Å². The van der Waals surface area contributed by atoms with Crippen molar-refractivity contribution in [3.8, 4) is 0 Å². The maximum atomic E-state index is 12.1. The van der Waals surface area contributed by atoms with Crippen LogP contribution in [0.25, 0.3) is 0 Å². The molecule has 0 aromatic heterocycles. The molecule has 4 heteroatoms. The highest BCUT2D eigenvalue weighted by Gasteiger charge is 2.36. The largest absolute Gasteiger partial charge is 0.394 e. The number of carbonyl (C=O) groups is 1. The number of aryl methyl sites for hydroxylation is 1. The summed E-state index contributed by atoms with van der Waals surface area (Å²) in [5.41, 5.74) is 2.18. The van der Waals surface area contributed by atoms with E-state index in [0.717, 1.165) is 5.69 Å². The quantitative estimate of drug-likeness (QED) is 0.850. The van der Waals surface area contributed by atoms with Crippen molar-refractivity contribution < 1.29 is 9.90 Å². The number of hydrogen-bond acceptors (Lipinski definition) is 3. The van der Waals surface area contributed by atoms with Crippen LogP contribution in [-0.4, -0.2) is 48.2 Å². The van der Waals surface area contributed by atoms with E-state index in [4.69, 9.17) is 0 Å². The van der Waals surface area contributed by atoms with E-state index in [-0.39, 0.29) is 18.6 Å². The fourth-order valence-corrected chi connectivity index (χ4v) is 2.57. The number of benzene rings is 1. The Morgan fingerprint density at radius 3 is 2.50 bits per heavy atom. The van der Waals surface area contributed by atoms with E-state index >= 15 is 0 Å². The van der Waals surface area contributed by atoms with Crippen molar-refractivity contribution in [1.29, 1.82) is 0 Å². The van der Waals surface area contributed by atoms with E-state index in [0.29, 0.717) is 6.54 Å². The summed E-state index contributed by atoms with van der Waals surface area (Å²) in [5, 5.41) is 9.49. The third-order valence-electron chi connectivity index (χ3n) is 3.52. The molecule has 1 amide bonds. The lowest BCUT2D eigenvalue weighted by atomic mass is 10.0. The number of nitrogens with zero attached hydrogens (tertiary/aromatic N) is 2. The molecule has 0 radical (unpaired) electrons. The normalized spacial score (nSPS) is 24.6. The van der Waals surface area contributed by atoms with Crippen LogP contribution in [0, 0.1) is 6.92 Å². The Kier molecular flexibility index (Phi) is 3.57. The maximum absolute atomic E-state index is 12.1. The highest BCUT2D eigenvalue weighted by atomic mass is 16.3. The molecular formula is C14H20N2O2. The van der Waals surface area contributed by atoms with Gasteiger partial charge in [-0.15, -0.1) is 0 Å². The van der Waals surface area contributed by atoms with Crippen LogP contribution >= 0.6 is 0 Å². The topological polar surface area (TPSA) is 43.8 Å². The zero-order valence-electron chi connectivity index (χ0n) is 11.1. The van der Waals surface area contributed by atoms with Crippen LogP contribution in [0.5, 0.6) is 0 Å². The van der Waals surface area contributed by atoms with Gasteiger partial charge in [-0.3, -0.25) is 4.79 Å². The molecule has 1 saturated heterocycles.